The number of fused-ring (bicyclic) bond motifs is 1. The van der Waals surface area contributed by atoms with Crippen molar-refractivity contribution in [2.75, 3.05) is 0 Å². The highest BCUT2D eigenvalue weighted by molar-refractivity contribution is 5.82. The Bertz CT molecular complexity index is 964. The van der Waals surface area contributed by atoms with Crippen molar-refractivity contribution in [1.29, 1.82) is 0 Å². The van der Waals surface area contributed by atoms with E-state index in [1.165, 1.54) is 81.7 Å². The molecule has 0 bridgehead atoms. The van der Waals surface area contributed by atoms with Crippen molar-refractivity contribution < 1.29 is 9.90 Å². The van der Waals surface area contributed by atoms with Gasteiger partial charge in [0.2, 0.25) is 0 Å². The minimum Gasteiger partial charge on any atom is -0.478 e. The Morgan fingerprint density at radius 2 is 1.47 bits per heavy atom. The normalized spacial score (nSPS) is 19.6. The van der Waals surface area contributed by atoms with Crippen LogP contribution in [0.25, 0.3) is 17.1 Å². The van der Waals surface area contributed by atoms with Gasteiger partial charge in [-0.25, -0.2) is 14.8 Å². The number of aliphatic carboxylic acids is 1. The Kier molecular flexibility index (Phi) is 6.61. The second-order valence-electron chi connectivity index (χ2n) is 8.97. The van der Waals surface area contributed by atoms with E-state index in [2.05, 4.69) is 12.1 Å². The second kappa shape index (κ2) is 9.55. The highest BCUT2D eigenvalue weighted by Crippen LogP contribution is 2.40. The molecule has 0 atom stereocenters. The van der Waals surface area contributed by atoms with Gasteiger partial charge in [-0.15, -0.1) is 0 Å². The summed E-state index contributed by atoms with van der Waals surface area (Å²) in [5.41, 5.74) is 6.20. The number of rotatable bonds is 5. The zero-order valence-corrected chi connectivity index (χ0v) is 17.9. The van der Waals surface area contributed by atoms with Gasteiger partial charge in [0.15, 0.2) is 0 Å². The molecule has 0 spiro atoms. The molecule has 4 nitrogen and oxygen atoms in total. The summed E-state index contributed by atoms with van der Waals surface area (Å²) in [7, 11) is 0. The van der Waals surface area contributed by atoms with Crippen molar-refractivity contribution in [2.24, 2.45) is 0 Å². The zero-order chi connectivity index (χ0) is 20.9. The van der Waals surface area contributed by atoms with Gasteiger partial charge in [-0.2, -0.15) is 0 Å². The van der Waals surface area contributed by atoms with Crippen LogP contribution in [0, 0.1) is 0 Å². The molecule has 2 aromatic rings. The highest BCUT2D eigenvalue weighted by atomic mass is 16.4. The van der Waals surface area contributed by atoms with E-state index < -0.39 is 5.97 Å². The van der Waals surface area contributed by atoms with Crippen molar-refractivity contribution in [1.82, 2.24) is 9.97 Å². The molecule has 4 heteroatoms. The second-order valence-corrected chi connectivity index (χ2v) is 8.97. The Labute approximate surface area is 179 Å². The van der Waals surface area contributed by atoms with Crippen LogP contribution in [0.2, 0.25) is 0 Å². The summed E-state index contributed by atoms with van der Waals surface area (Å²) in [5.74, 6) is 0.192. The molecule has 1 N–H and O–H groups in total. The van der Waals surface area contributed by atoms with Gasteiger partial charge < -0.3 is 5.11 Å². The molecular formula is C26H32N2O2. The number of hydrogen-bond acceptors (Lipinski definition) is 3. The zero-order valence-electron chi connectivity index (χ0n) is 17.9. The molecule has 2 saturated carbocycles. The van der Waals surface area contributed by atoms with Crippen LogP contribution in [0.3, 0.4) is 0 Å². The van der Waals surface area contributed by atoms with E-state index in [0.717, 1.165) is 16.6 Å². The monoisotopic (exact) mass is 404 g/mol. The van der Waals surface area contributed by atoms with E-state index >= 15 is 0 Å². The lowest BCUT2D eigenvalue weighted by Crippen LogP contribution is -2.16. The quantitative estimate of drug-likeness (QED) is 0.441. The van der Waals surface area contributed by atoms with Gasteiger partial charge >= 0.3 is 5.97 Å². The molecule has 2 fully saturated rings. The van der Waals surface area contributed by atoms with Gasteiger partial charge in [0.05, 0.1) is 22.4 Å². The number of benzene rings is 1. The van der Waals surface area contributed by atoms with E-state index in [1.807, 2.05) is 18.2 Å². The van der Waals surface area contributed by atoms with Crippen LogP contribution in [-0.4, -0.2) is 21.0 Å². The molecule has 0 saturated heterocycles. The lowest BCUT2D eigenvalue weighted by Gasteiger charge is -2.28. The van der Waals surface area contributed by atoms with Crippen molar-refractivity contribution in [3.8, 4) is 0 Å². The van der Waals surface area contributed by atoms with Crippen LogP contribution in [0.5, 0.6) is 0 Å². The SMILES string of the molecule is CC(C=Cc1ccc2nc(C3CCCCC3)c(C3CCCCC3)nc2c1)=CC(=O)O. The molecule has 2 aliphatic carbocycles. The summed E-state index contributed by atoms with van der Waals surface area (Å²) < 4.78 is 0. The summed E-state index contributed by atoms with van der Waals surface area (Å²) in [4.78, 5) is 21.2. The molecule has 1 aromatic carbocycles. The lowest BCUT2D eigenvalue weighted by atomic mass is 9.80. The maximum Gasteiger partial charge on any atom is 0.328 e. The number of hydrogen-bond donors (Lipinski definition) is 1. The van der Waals surface area contributed by atoms with Gasteiger partial charge in [0, 0.05) is 17.9 Å². The topological polar surface area (TPSA) is 63.1 Å². The molecule has 0 radical (unpaired) electrons. The molecule has 1 aromatic heterocycles. The number of nitrogens with zero attached hydrogens (tertiary/aromatic N) is 2. The summed E-state index contributed by atoms with van der Waals surface area (Å²) in [6.45, 7) is 1.79. The smallest absolute Gasteiger partial charge is 0.328 e. The number of aromatic nitrogens is 2. The fourth-order valence-corrected chi connectivity index (χ4v) is 5.03. The Morgan fingerprint density at radius 1 is 0.900 bits per heavy atom. The first-order valence-corrected chi connectivity index (χ1v) is 11.5. The summed E-state index contributed by atoms with van der Waals surface area (Å²) in [5, 5.41) is 8.88. The molecule has 0 unspecified atom stereocenters. The summed E-state index contributed by atoms with van der Waals surface area (Å²) in [6, 6.07) is 6.20. The van der Waals surface area contributed by atoms with Crippen LogP contribution in [0.15, 0.2) is 35.9 Å². The lowest BCUT2D eigenvalue weighted by molar-refractivity contribution is -0.131. The molecule has 158 valence electrons. The van der Waals surface area contributed by atoms with Gasteiger partial charge in [-0.3, -0.25) is 0 Å². The molecule has 0 aliphatic heterocycles. The largest absolute Gasteiger partial charge is 0.478 e. The van der Waals surface area contributed by atoms with E-state index in [9.17, 15) is 4.79 Å². The summed E-state index contributed by atoms with van der Waals surface area (Å²) >= 11 is 0. The fraction of sp³-hybridized carbons (Fsp3) is 0.500. The maximum absolute atomic E-state index is 10.8. The molecule has 4 rings (SSSR count). The minimum absolute atomic E-state index is 0.549. The van der Waals surface area contributed by atoms with Crippen molar-refractivity contribution in [2.45, 2.75) is 83.0 Å². The minimum atomic E-state index is -0.922. The average molecular weight is 405 g/mol. The first kappa shape index (κ1) is 20.8. The Morgan fingerprint density at radius 3 is 2.03 bits per heavy atom. The number of carbonyl (C=O) groups is 1. The van der Waals surface area contributed by atoms with Crippen molar-refractivity contribution in [3.63, 3.8) is 0 Å². The van der Waals surface area contributed by atoms with Gasteiger partial charge in [-0.05, 0) is 55.9 Å². The number of allylic oxidation sites excluding steroid dienone is 2. The van der Waals surface area contributed by atoms with Crippen LogP contribution in [-0.2, 0) is 4.79 Å². The van der Waals surface area contributed by atoms with Crippen LogP contribution >= 0.6 is 0 Å². The fourth-order valence-electron chi connectivity index (χ4n) is 5.03. The van der Waals surface area contributed by atoms with Crippen LogP contribution < -0.4 is 0 Å². The third-order valence-electron chi connectivity index (χ3n) is 6.62. The Hall–Kier alpha value is -2.49. The predicted octanol–water partition coefficient (Wildman–Crippen LogP) is 6.77. The summed E-state index contributed by atoms with van der Waals surface area (Å²) in [6.07, 6.45) is 17.9. The molecule has 0 amide bonds. The van der Waals surface area contributed by atoms with E-state index in [-0.39, 0.29) is 0 Å². The molecule has 1 heterocycles. The predicted molar refractivity (Wildman–Crippen MR) is 122 cm³/mol. The number of carboxylic acid groups (broad SMARTS) is 1. The van der Waals surface area contributed by atoms with Gasteiger partial charge in [0.1, 0.15) is 0 Å². The average Bonchev–Trinajstić information content (AvgIpc) is 2.77. The molecule has 2 aliphatic rings. The Balaban J connectivity index is 1.71. The van der Waals surface area contributed by atoms with Gasteiger partial charge in [0.25, 0.3) is 0 Å². The first-order chi connectivity index (χ1) is 14.6. The van der Waals surface area contributed by atoms with Crippen LogP contribution in [0.4, 0.5) is 0 Å². The van der Waals surface area contributed by atoms with Crippen LogP contribution in [0.1, 0.15) is 99.9 Å². The third-order valence-corrected chi connectivity index (χ3v) is 6.62. The first-order valence-electron chi connectivity index (χ1n) is 11.5. The van der Waals surface area contributed by atoms with Crippen molar-refractivity contribution in [3.05, 3.63) is 52.9 Å². The number of carboxylic acids is 1. The standard InChI is InChI=1S/C26H32N2O2/c1-18(16-24(29)30)12-13-19-14-15-22-23(17-19)28-26(21-10-6-3-7-11-21)25(27-22)20-8-4-2-5-9-20/h12-17,20-21H,2-11H2,1H3,(H,29,30). The maximum atomic E-state index is 10.8. The molecular weight excluding hydrogens is 372 g/mol. The van der Waals surface area contributed by atoms with E-state index in [1.54, 1.807) is 6.92 Å². The third kappa shape index (κ3) is 4.97. The highest BCUT2D eigenvalue weighted by Gasteiger charge is 2.27. The van der Waals surface area contributed by atoms with Crippen molar-refractivity contribution >= 4 is 23.1 Å². The van der Waals surface area contributed by atoms with E-state index in [0.29, 0.717) is 17.4 Å². The van der Waals surface area contributed by atoms with Gasteiger partial charge in [-0.1, -0.05) is 56.7 Å². The molecule has 30 heavy (non-hydrogen) atoms. The van der Waals surface area contributed by atoms with E-state index in [4.69, 9.17) is 15.1 Å².